The molecular formula is C17H23N3O. The maximum Gasteiger partial charge on any atom is 0.119 e. The van der Waals surface area contributed by atoms with Crippen LogP contribution in [-0.2, 0) is 19.9 Å². The summed E-state index contributed by atoms with van der Waals surface area (Å²) in [4.78, 5) is 0. The predicted molar refractivity (Wildman–Crippen MR) is 83.6 cm³/mol. The van der Waals surface area contributed by atoms with Gasteiger partial charge in [-0.15, -0.1) is 0 Å². The zero-order chi connectivity index (χ0) is 14.7. The van der Waals surface area contributed by atoms with Crippen LogP contribution in [0.4, 0.5) is 0 Å². The number of benzene rings is 1. The Labute approximate surface area is 126 Å². The number of hydrogen-bond donors (Lipinski definition) is 1. The zero-order valence-corrected chi connectivity index (χ0v) is 12.8. The highest BCUT2D eigenvalue weighted by atomic mass is 16.5. The van der Waals surface area contributed by atoms with Gasteiger partial charge in [-0.2, -0.15) is 5.10 Å². The maximum absolute atomic E-state index is 5.92. The normalized spacial score (nSPS) is 17.5. The second-order valence-electron chi connectivity index (χ2n) is 5.64. The van der Waals surface area contributed by atoms with Crippen LogP contribution in [0.15, 0.2) is 30.5 Å². The molecule has 0 fully saturated rings. The highest BCUT2D eigenvalue weighted by Crippen LogP contribution is 2.32. The van der Waals surface area contributed by atoms with Crippen molar-refractivity contribution in [2.24, 2.45) is 7.05 Å². The van der Waals surface area contributed by atoms with Crippen molar-refractivity contribution >= 4 is 0 Å². The molecule has 4 heteroatoms. The van der Waals surface area contributed by atoms with Crippen LogP contribution in [0.1, 0.15) is 35.7 Å². The molecule has 0 radical (unpaired) electrons. The first-order chi connectivity index (χ1) is 10.3. The standard InChI is InChI=1S/C17H23N3O/c1-18-17-5-3-4-13-6-7-15(12-16(13)17)21-11-9-14-8-10-19-20(14)2/h6-8,10,12,17-18H,3-5,9,11H2,1-2H3. The lowest BCUT2D eigenvalue weighted by Gasteiger charge is -2.25. The molecule has 1 N–H and O–H groups in total. The van der Waals surface area contributed by atoms with E-state index in [4.69, 9.17) is 4.74 Å². The molecule has 1 atom stereocenters. The molecule has 1 aliphatic rings. The number of aryl methyl sites for hydroxylation is 2. The smallest absolute Gasteiger partial charge is 0.119 e. The van der Waals surface area contributed by atoms with Gasteiger partial charge in [0.1, 0.15) is 5.75 Å². The number of nitrogens with one attached hydrogen (secondary N) is 1. The number of fused-ring (bicyclic) bond motifs is 1. The Hall–Kier alpha value is -1.81. The van der Waals surface area contributed by atoms with Gasteiger partial charge in [-0.3, -0.25) is 4.68 Å². The molecule has 0 bridgehead atoms. The van der Waals surface area contributed by atoms with E-state index in [2.05, 4.69) is 28.6 Å². The molecule has 0 aliphatic heterocycles. The van der Waals surface area contributed by atoms with Gasteiger partial charge in [-0.25, -0.2) is 0 Å². The number of rotatable bonds is 5. The van der Waals surface area contributed by atoms with Crippen LogP contribution >= 0.6 is 0 Å². The number of aromatic nitrogens is 2. The second-order valence-corrected chi connectivity index (χ2v) is 5.64. The van der Waals surface area contributed by atoms with Gasteiger partial charge in [0.2, 0.25) is 0 Å². The minimum Gasteiger partial charge on any atom is -0.493 e. The Morgan fingerprint density at radius 2 is 2.29 bits per heavy atom. The zero-order valence-electron chi connectivity index (χ0n) is 12.8. The van der Waals surface area contributed by atoms with E-state index in [1.54, 1.807) is 0 Å². The second kappa shape index (κ2) is 6.31. The van der Waals surface area contributed by atoms with Crippen LogP contribution in [0.5, 0.6) is 5.75 Å². The van der Waals surface area contributed by atoms with Crippen LogP contribution in [0.25, 0.3) is 0 Å². The quantitative estimate of drug-likeness (QED) is 0.918. The molecule has 112 valence electrons. The Bertz CT molecular complexity index is 606. The summed E-state index contributed by atoms with van der Waals surface area (Å²) < 4.78 is 7.82. The largest absolute Gasteiger partial charge is 0.493 e. The average molecular weight is 285 g/mol. The summed E-state index contributed by atoms with van der Waals surface area (Å²) in [6, 6.07) is 9.03. The highest BCUT2D eigenvalue weighted by molar-refractivity contribution is 5.39. The van der Waals surface area contributed by atoms with E-state index in [0.717, 1.165) is 12.2 Å². The van der Waals surface area contributed by atoms with Crippen molar-refractivity contribution in [3.8, 4) is 5.75 Å². The first kappa shape index (κ1) is 14.1. The van der Waals surface area contributed by atoms with Gasteiger partial charge < -0.3 is 10.1 Å². The fraction of sp³-hybridized carbons (Fsp3) is 0.471. The van der Waals surface area contributed by atoms with Crippen LogP contribution in [0, 0.1) is 0 Å². The molecule has 3 rings (SSSR count). The predicted octanol–water partition coefficient (Wildman–Crippen LogP) is 2.64. The molecule has 2 aromatic rings. The monoisotopic (exact) mass is 285 g/mol. The third-order valence-corrected chi connectivity index (χ3v) is 4.33. The average Bonchev–Trinajstić information content (AvgIpc) is 2.92. The van der Waals surface area contributed by atoms with E-state index >= 15 is 0 Å². The van der Waals surface area contributed by atoms with Crippen LogP contribution in [0.3, 0.4) is 0 Å². The number of ether oxygens (including phenoxy) is 1. The van der Waals surface area contributed by atoms with Crippen molar-refractivity contribution < 1.29 is 4.74 Å². The van der Waals surface area contributed by atoms with Crippen LogP contribution in [-0.4, -0.2) is 23.4 Å². The molecule has 4 nitrogen and oxygen atoms in total. The van der Waals surface area contributed by atoms with Crippen molar-refractivity contribution in [3.05, 3.63) is 47.3 Å². The minimum absolute atomic E-state index is 0.467. The molecule has 1 aromatic carbocycles. The summed E-state index contributed by atoms with van der Waals surface area (Å²) in [5.41, 5.74) is 4.06. The van der Waals surface area contributed by atoms with Crippen molar-refractivity contribution in [1.82, 2.24) is 15.1 Å². The molecule has 1 aliphatic carbocycles. The van der Waals surface area contributed by atoms with Gasteiger partial charge in [-0.05, 0) is 55.6 Å². The molecule has 1 unspecified atom stereocenters. The van der Waals surface area contributed by atoms with Crippen molar-refractivity contribution in [3.63, 3.8) is 0 Å². The fourth-order valence-corrected chi connectivity index (χ4v) is 3.09. The minimum atomic E-state index is 0.467. The van der Waals surface area contributed by atoms with Gasteiger partial charge in [0.05, 0.1) is 6.61 Å². The van der Waals surface area contributed by atoms with Crippen LogP contribution in [0.2, 0.25) is 0 Å². The molecule has 0 amide bonds. The Morgan fingerprint density at radius 1 is 1.38 bits per heavy atom. The number of hydrogen-bond acceptors (Lipinski definition) is 3. The molecule has 0 saturated carbocycles. The van der Waals surface area contributed by atoms with Crippen LogP contribution < -0.4 is 10.1 Å². The van der Waals surface area contributed by atoms with E-state index in [1.165, 1.54) is 36.1 Å². The molecule has 21 heavy (non-hydrogen) atoms. The maximum atomic E-state index is 5.92. The van der Waals surface area contributed by atoms with Gasteiger partial charge in [0.15, 0.2) is 0 Å². The summed E-state index contributed by atoms with van der Waals surface area (Å²) in [7, 11) is 4.00. The molecule has 0 spiro atoms. The topological polar surface area (TPSA) is 39.1 Å². The van der Waals surface area contributed by atoms with E-state index < -0.39 is 0 Å². The summed E-state index contributed by atoms with van der Waals surface area (Å²) >= 11 is 0. The van der Waals surface area contributed by atoms with Gasteiger partial charge in [-0.1, -0.05) is 6.07 Å². The molecule has 1 heterocycles. The summed E-state index contributed by atoms with van der Waals surface area (Å²) in [6.45, 7) is 0.683. The van der Waals surface area contributed by atoms with E-state index in [1.807, 2.05) is 31.0 Å². The molecule has 0 saturated heterocycles. The SMILES string of the molecule is CNC1CCCc2ccc(OCCc3ccnn3C)cc21. The van der Waals surface area contributed by atoms with Gasteiger partial charge in [0.25, 0.3) is 0 Å². The third kappa shape index (κ3) is 3.10. The molecule has 1 aromatic heterocycles. The Balaban J connectivity index is 1.65. The van der Waals surface area contributed by atoms with E-state index in [9.17, 15) is 0 Å². The summed E-state index contributed by atoms with van der Waals surface area (Å²) in [5, 5.41) is 7.58. The van der Waals surface area contributed by atoms with Gasteiger partial charge >= 0.3 is 0 Å². The first-order valence-electron chi connectivity index (χ1n) is 7.67. The molecular weight excluding hydrogens is 262 g/mol. The lowest BCUT2D eigenvalue weighted by molar-refractivity contribution is 0.317. The fourth-order valence-electron chi connectivity index (χ4n) is 3.09. The Kier molecular flexibility index (Phi) is 4.25. The van der Waals surface area contributed by atoms with E-state index in [-0.39, 0.29) is 0 Å². The van der Waals surface area contributed by atoms with E-state index in [0.29, 0.717) is 12.6 Å². The Morgan fingerprint density at radius 3 is 3.05 bits per heavy atom. The lowest BCUT2D eigenvalue weighted by Crippen LogP contribution is -2.21. The van der Waals surface area contributed by atoms with Gasteiger partial charge in [0, 0.05) is 31.4 Å². The summed E-state index contributed by atoms with van der Waals surface area (Å²) in [6.07, 6.45) is 6.36. The lowest BCUT2D eigenvalue weighted by atomic mass is 9.87. The van der Waals surface area contributed by atoms with Crippen molar-refractivity contribution in [2.75, 3.05) is 13.7 Å². The third-order valence-electron chi connectivity index (χ3n) is 4.33. The number of nitrogens with zero attached hydrogens (tertiary/aromatic N) is 2. The van der Waals surface area contributed by atoms with Crippen molar-refractivity contribution in [2.45, 2.75) is 31.7 Å². The highest BCUT2D eigenvalue weighted by Gasteiger charge is 2.19. The first-order valence-corrected chi connectivity index (χ1v) is 7.67. The summed E-state index contributed by atoms with van der Waals surface area (Å²) in [5.74, 6) is 0.970. The van der Waals surface area contributed by atoms with Crippen molar-refractivity contribution in [1.29, 1.82) is 0 Å².